The van der Waals surface area contributed by atoms with Crippen molar-refractivity contribution >= 4 is 16.9 Å². The molecule has 3 heterocycles. The molecule has 0 amide bonds. The molecule has 1 aliphatic heterocycles. The number of hydrogen-bond acceptors (Lipinski definition) is 5. The zero-order chi connectivity index (χ0) is 11.7. The van der Waals surface area contributed by atoms with E-state index in [-0.39, 0.29) is 0 Å². The molecule has 1 fully saturated rings. The smallest absolute Gasteiger partial charge is 0.163 e. The van der Waals surface area contributed by atoms with Crippen LogP contribution in [0.25, 0.3) is 11.0 Å². The highest BCUT2D eigenvalue weighted by molar-refractivity contribution is 5.85. The van der Waals surface area contributed by atoms with Gasteiger partial charge in [-0.2, -0.15) is 5.10 Å². The van der Waals surface area contributed by atoms with Crippen LogP contribution in [0.4, 0.5) is 5.82 Å². The van der Waals surface area contributed by atoms with Crippen LogP contribution in [-0.4, -0.2) is 39.5 Å². The molecule has 6 heteroatoms. The normalized spacial score (nSPS) is 19.9. The highest BCUT2D eigenvalue weighted by atomic mass is 16.5. The first-order chi connectivity index (χ1) is 8.34. The van der Waals surface area contributed by atoms with Crippen LogP contribution in [0.5, 0.6) is 0 Å². The number of rotatable bonds is 3. The van der Waals surface area contributed by atoms with Crippen molar-refractivity contribution in [2.45, 2.75) is 6.42 Å². The minimum Gasteiger partial charge on any atom is -0.381 e. The lowest BCUT2D eigenvalue weighted by atomic mass is 10.1. The number of hydrogen-bond donors (Lipinski definition) is 1. The average Bonchev–Trinajstić information content (AvgIpc) is 2.97. The van der Waals surface area contributed by atoms with E-state index in [1.807, 2.05) is 7.05 Å². The molecule has 1 saturated heterocycles. The van der Waals surface area contributed by atoms with Crippen molar-refractivity contribution in [1.82, 2.24) is 19.7 Å². The summed E-state index contributed by atoms with van der Waals surface area (Å²) in [4.78, 5) is 8.47. The van der Waals surface area contributed by atoms with Crippen LogP contribution >= 0.6 is 0 Å². The van der Waals surface area contributed by atoms with Gasteiger partial charge < -0.3 is 10.1 Å². The summed E-state index contributed by atoms with van der Waals surface area (Å²) in [5, 5.41) is 8.51. The van der Waals surface area contributed by atoms with E-state index < -0.39 is 0 Å². The molecule has 1 N–H and O–H groups in total. The zero-order valence-electron chi connectivity index (χ0n) is 9.76. The summed E-state index contributed by atoms with van der Waals surface area (Å²) in [5.41, 5.74) is 0.852. The first-order valence-electron chi connectivity index (χ1n) is 5.79. The molecule has 2 aromatic heterocycles. The summed E-state index contributed by atoms with van der Waals surface area (Å²) in [6.45, 7) is 2.60. The van der Waals surface area contributed by atoms with Gasteiger partial charge in [0, 0.05) is 26.1 Å². The van der Waals surface area contributed by atoms with Crippen LogP contribution in [0.1, 0.15) is 6.42 Å². The van der Waals surface area contributed by atoms with Gasteiger partial charge in [-0.15, -0.1) is 0 Å². The summed E-state index contributed by atoms with van der Waals surface area (Å²) in [6.07, 6.45) is 4.48. The van der Waals surface area contributed by atoms with E-state index in [1.54, 1.807) is 17.2 Å². The lowest BCUT2D eigenvalue weighted by Crippen LogP contribution is -2.15. The second-order valence-corrected chi connectivity index (χ2v) is 4.34. The van der Waals surface area contributed by atoms with Crippen molar-refractivity contribution in [2.75, 3.05) is 25.1 Å². The number of fused-ring (bicyclic) bond motifs is 1. The molecule has 3 rings (SSSR count). The third kappa shape index (κ3) is 1.95. The van der Waals surface area contributed by atoms with Gasteiger partial charge in [-0.05, 0) is 6.42 Å². The van der Waals surface area contributed by atoms with Gasteiger partial charge in [-0.25, -0.2) is 9.97 Å². The average molecular weight is 233 g/mol. The van der Waals surface area contributed by atoms with E-state index in [1.165, 1.54) is 0 Å². The van der Waals surface area contributed by atoms with E-state index in [2.05, 4.69) is 20.4 Å². The second-order valence-electron chi connectivity index (χ2n) is 4.34. The van der Waals surface area contributed by atoms with Crippen LogP contribution in [0.3, 0.4) is 0 Å². The minimum atomic E-state index is 0.580. The van der Waals surface area contributed by atoms with Gasteiger partial charge in [0.15, 0.2) is 5.65 Å². The lowest BCUT2D eigenvalue weighted by molar-refractivity contribution is 0.187. The fourth-order valence-electron chi connectivity index (χ4n) is 2.09. The highest BCUT2D eigenvalue weighted by Crippen LogP contribution is 2.19. The Morgan fingerprint density at radius 2 is 2.47 bits per heavy atom. The van der Waals surface area contributed by atoms with E-state index in [0.717, 1.165) is 43.0 Å². The maximum absolute atomic E-state index is 5.35. The molecular weight excluding hydrogens is 218 g/mol. The molecular formula is C11H15N5O. The van der Waals surface area contributed by atoms with Gasteiger partial charge in [-0.1, -0.05) is 0 Å². The molecule has 6 nitrogen and oxygen atoms in total. The topological polar surface area (TPSA) is 64.9 Å². The van der Waals surface area contributed by atoms with E-state index in [9.17, 15) is 0 Å². The molecule has 0 bridgehead atoms. The van der Waals surface area contributed by atoms with Gasteiger partial charge in [0.1, 0.15) is 12.1 Å². The maximum Gasteiger partial charge on any atom is 0.163 e. The Morgan fingerprint density at radius 3 is 3.29 bits per heavy atom. The fourth-order valence-corrected chi connectivity index (χ4v) is 2.09. The predicted octanol–water partition coefficient (Wildman–Crippen LogP) is 0.812. The molecule has 0 saturated carbocycles. The Morgan fingerprint density at radius 1 is 1.53 bits per heavy atom. The van der Waals surface area contributed by atoms with Crippen LogP contribution in [0.2, 0.25) is 0 Å². The summed E-state index contributed by atoms with van der Waals surface area (Å²) < 4.78 is 7.10. The molecule has 1 atom stereocenters. The van der Waals surface area contributed by atoms with Gasteiger partial charge in [0.2, 0.25) is 0 Å². The number of ether oxygens (including phenoxy) is 1. The molecule has 17 heavy (non-hydrogen) atoms. The van der Waals surface area contributed by atoms with Gasteiger partial charge in [-0.3, -0.25) is 4.68 Å². The Bertz CT molecular complexity index is 518. The van der Waals surface area contributed by atoms with Crippen molar-refractivity contribution in [1.29, 1.82) is 0 Å². The first kappa shape index (κ1) is 10.5. The number of nitrogens with one attached hydrogen (secondary N) is 1. The summed E-state index contributed by atoms with van der Waals surface area (Å²) in [6, 6.07) is 0. The first-order valence-corrected chi connectivity index (χ1v) is 5.79. The van der Waals surface area contributed by atoms with Crippen LogP contribution in [0, 0.1) is 5.92 Å². The van der Waals surface area contributed by atoms with E-state index in [4.69, 9.17) is 4.74 Å². The number of aromatic nitrogens is 4. The van der Waals surface area contributed by atoms with Crippen LogP contribution in [-0.2, 0) is 11.8 Å². The van der Waals surface area contributed by atoms with Crippen molar-refractivity contribution < 1.29 is 4.74 Å². The zero-order valence-corrected chi connectivity index (χ0v) is 9.76. The molecule has 1 aliphatic rings. The summed E-state index contributed by atoms with van der Waals surface area (Å²) in [7, 11) is 1.88. The molecule has 0 aliphatic carbocycles. The van der Waals surface area contributed by atoms with Crippen LogP contribution in [0.15, 0.2) is 12.5 Å². The molecule has 0 spiro atoms. The standard InChI is InChI=1S/C11H15N5O/c1-16-11-9(5-15-16)10(13-7-14-11)12-4-8-2-3-17-6-8/h5,7-8H,2-4,6H2,1H3,(H,12,13,14)/t8-/m1/s1. The monoisotopic (exact) mass is 233 g/mol. The fraction of sp³-hybridized carbons (Fsp3) is 0.545. The quantitative estimate of drug-likeness (QED) is 0.850. The Labute approximate surface area is 99.0 Å². The number of anilines is 1. The molecule has 0 unspecified atom stereocenters. The van der Waals surface area contributed by atoms with Gasteiger partial charge in [0.25, 0.3) is 0 Å². The summed E-state index contributed by atoms with van der Waals surface area (Å²) >= 11 is 0. The third-order valence-electron chi connectivity index (χ3n) is 3.11. The van der Waals surface area contributed by atoms with Crippen molar-refractivity contribution in [2.24, 2.45) is 13.0 Å². The third-order valence-corrected chi connectivity index (χ3v) is 3.11. The highest BCUT2D eigenvalue weighted by Gasteiger charge is 2.16. The Balaban J connectivity index is 1.79. The Kier molecular flexibility index (Phi) is 2.64. The van der Waals surface area contributed by atoms with Crippen molar-refractivity contribution in [3.05, 3.63) is 12.5 Å². The lowest BCUT2D eigenvalue weighted by Gasteiger charge is -2.10. The van der Waals surface area contributed by atoms with Gasteiger partial charge >= 0.3 is 0 Å². The Hall–Kier alpha value is -1.69. The minimum absolute atomic E-state index is 0.580. The largest absolute Gasteiger partial charge is 0.381 e. The molecule has 2 aromatic rings. The molecule has 0 radical (unpaired) electrons. The SMILES string of the molecule is Cn1ncc2c(NC[C@H]3CCOC3)ncnc21. The van der Waals surface area contributed by atoms with E-state index >= 15 is 0 Å². The summed E-state index contributed by atoms with van der Waals surface area (Å²) in [5.74, 6) is 1.44. The predicted molar refractivity (Wildman–Crippen MR) is 63.7 cm³/mol. The van der Waals surface area contributed by atoms with E-state index in [0.29, 0.717) is 5.92 Å². The van der Waals surface area contributed by atoms with Crippen molar-refractivity contribution in [3.63, 3.8) is 0 Å². The molecule has 90 valence electrons. The maximum atomic E-state index is 5.35. The van der Waals surface area contributed by atoms with Gasteiger partial charge in [0.05, 0.1) is 18.2 Å². The van der Waals surface area contributed by atoms with Crippen LogP contribution < -0.4 is 5.32 Å². The van der Waals surface area contributed by atoms with Crippen molar-refractivity contribution in [3.8, 4) is 0 Å². The molecule has 0 aromatic carbocycles. The number of aryl methyl sites for hydroxylation is 1. The second kappa shape index (κ2) is 4.29. The number of nitrogens with zero attached hydrogens (tertiary/aromatic N) is 4.